The molecule has 2 aromatic carbocycles. The van der Waals surface area contributed by atoms with Gasteiger partial charge in [-0.3, -0.25) is 4.79 Å². The van der Waals surface area contributed by atoms with E-state index in [1.54, 1.807) is 18.2 Å². The molecule has 0 saturated carbocycles. The van der Waals surface area contributed by atoms with Gasteiger partial charge in [0.15, 0.2) is 0 Å². The fraction of sp³-hybridized carbons (Fsp3) is 0.222. The van der Waals surface area contributed by atoms with Crippen LogP contribution in [0, 0.1) is 5.82 Å². The Morgan fingerprint density at radius 1 is 1.09 bits per heavy atom. The van der Waals surface area contributed by atoms with Crippen molar-refractivity contribution in [1.29, 1.82) is 0 Å². The van der Waals surface area contributed by atoms with Crippen LogP contribution in [-0.2, 0) is 17.6 Å². The van der Waals surface area contributed by atoms with Gasteiger partial charge in [0.2, 0.25) is 5.91 Å². The van der Waals surface area contributed by atoms with E-state index in [-0.39, 0.29) is 17.5 Å². The maximum Gasteiger partial charge on any atom is 0.250 e. The van der Waals surface area contributed by atoms with E-state index in [1.165, 1.54) is 29.0 Å². The molecule has 1 aliphatic carbocycles. The molecular weight excluding hydrogens is 311 g/mol. The SMILES string of the molecule is O=C(CSc1ccccc1F)N/N=C1/CCc2ccccc2C1. The average Bonchev–Trinajstić information content (AvgIpc) is 2.59. The van der Waals surface area contributed by atoms with Gasteiger partial charge in [0.1, 0.15) is 5.82 Å². The van der Waals surface area contributed by atoms with Crippen molar-refractivity contribution >= 4 is 23.4 Å². The van der Waals surface area contributed by atoms with E-state index in [0.29, 0.717) is 4.90 Å². The Hall–Kier alpha value is -2.14. The molecule has 1 N–H and O–H groups in total. The molecule has 0 unspecified atom stereocenters. The molecule has 2 aromatic rings. The molecule has 1 aliphatic rings. The Labute approximate surface area is 139 Å². The molecule has 0 bridgehead atoms. The van der Waals surface area contributed by atoms with Gasteiger partial charge in [0.25, 0.3) is 0 Å². The number of nitrogens with zero attached hydrogens (tertiary/aromatic N) is 1. The molecular formula is C18H17FN2OS. The lowest BCUT2D eigenvalue weighted by Crippen LogP contribution is -2.24. The zero-order valence-electron chi connectivity index (χ0n) is 12.6. The standard InChI is InChI=1S/C18H17FN2OS/c19-16-7-3-4-8-17(16)23-12-18(22)21-20-15-10-9-13-5-1-2-6-14(13)11-15/h1-8H,9-12H2,(H,21,22)/b20-15-. The molecule has 0 saturated heterocycles. The highest BCUT2D eigenvalue weighted by molar-refractivity contribution is 8.00. The second-order valence-corrected chi connectivity index (χ2v) is 6.39. The summed E-state index contributed by atoms with van der Waals surface area (Å²) >= 11 is 1.17. The van der Waals surface area contributed by atoms with Crippen LogP contribution in [-0.4, -0.2) is 17.4 Å². The summed E-state index contributed by atoms with van der Waals surface area (Å²) < 4.78 is 13.5. The molecule has 3 rings (SSSR count). The van der Waals surface area contributed by atoms with E-state index in [4.69, 9.17) is 0 Å². The Bertz CT molecular complexity index is 745. The van der Waals surface area contributed by atoms with Gasteiger partial charge < -0.3 is 0 Å². The second kappa shape index (κ2) is 7.42. The van der Waals surface area contributed by atoms with Crippen LogP contribution in [0.5, 0.6) is 0 Å². The largest absolute Gasteiger partial charge is 0.272 e. The number of halogens is 1. The highest BCUT2D eigenvalue weighted by Gasteiger charge is 2.14. The van der Waals surface area contributed by atoms with Crippen LogP contribution < -0.4 is 5.43 Å². The van der Waals surface area contributed by atoms with Gasteiger partial charge in [-0.1, -0.05) is 36.4 Å². The lowest BCUT2D eigenvalue weighted by molar-refractivity contribution is -0.118. The zero-order valence-corrected chi connectivity index (χ0v) is 13.4. The number of aryl methyl sites for hydroxylation is 1. The Kier molecular flexibility index (Phi) is 5.08. The topological polar surface area (TPSA) is 41.5 Å². The third-order valence-electron chi connectivity index (χ3n) is 3.73. The van der Waals surface area contributed by atoms with Gasteiger partial charge in [-0.15, -0.1) is 11.8 Å². The first-order valence-corrected chi connectivity index (χ1v) is 8.49. The lowest BCUT2D eigenvalue weighted by atomic mass is 9.90. The molecule has 0 heterocycles. The normalized spacial score (nSPS) is 15.3. The van der Waals surface area contributed by atoms with Crippen LogP contribution >= 0.6 is 11.8 Å². The summed E-state index contributed by atoms with van der Waals surface area (Å²) in [6, 6.07) is 14.7. The van der Waals surface area contributed by atoms with E-state index in [1.807, 2.05) is 12.1 Å². The Morgan fingerprint density at radius 3 is 2.65 bits per heavy atom. The predicted molar refractivity (Wildman–Crippen MR) is 91.2 cm³/mol. The average molecular weight is 328 g/mol. The number of benzene rings is 2. The minimum absolute atomic E-state index is 0.147. The third kappa shape index (κ3) is 4.20. The number of nitrogens with one attached hydrogen (secondary N) is 1. The van der Waals surface area contributed by atoms with Crippen molar-refractivity contribution < 1.29 is 9.18 Å². The summed E-state index contributed by atoms with van der Waals surface area (Å²) in [6.07, 6.45) is 2.59. The van der Waals surface area contributed by atoms with Crippen molar-refractivity contribution in [2.75, 3.05) is 5.75 Å². The van der Waals surface area contributed by atoms with Crippen molar-refractivity contribution in [1.82, 2.24) is 5.43 Å². The number of carbonyl (C=O) groups excluding carboxylic acids is 1. The highest BCUT2D eigenvalue weighted by Crippen LogP contribution is 2.21. The minimum Gasteiger partial charge on any atom is -0.272 e. The Morgan fingerprint density at radius 2 is 1.83 bits per heavy atom. The fourth-order valence-corrected chi connectivity index (χ4v) is 3.27. The van der Waals surface area contributed by atoms with Crippen LogP contribution in [0.3, 0.4) is 0 Å². The summed E-state index contributed by atoms with van der Waals surface area (Å²) in [5, 5.41) is 4.23. The van der Waals surface area contributed by atoms with Gasteiger partial charge in [0.05, 0.1) is 5.75 Å². The first-order valence-electron chi connectivity index (χ1n) is 7.51. The van der Waals surface area contributed by atoms with E-state index in [0.717, 1.165) is 25.0 Å². The van der Waals surface area contributed by atoms with Gasteiger partial charge in [-0.2, -0.15) is 5.10 Å². The maximum atomic E-state index is 13.5. The molecule has 0 spiro atoms. The maximum absolute atomic E-state index is 13.5. The molecule has 0 fully saturated rings. The molecule has 1 amide bonds. The van der Waals surface area contributed by atoms with Crippen LogP contribution in [0.15, 0.2) is 58.5 Å². The molecule has 0 aromatic heterocycles. The fourth-order valence-electron chi connectivity index (χ4n) is 2.54. The second-order valence-electron chi connectivity index (χ2n) is 5.38. The quantitative estimate of drug-likeness (QED) is 0.688. The van der Waals surface area contributed by atoms with Gasteiger partial charge in [-0.25, -0.2) is 9.82 Å². The number of hydrogen-bond donors (Lipinski definition) is 1. The van der Waals surface area contributed by atoms with Gasteiger partial charge in [0, 0.05) is 17.0 Å². The van der Waals surface area contributed by atoms with Crippen molar-refractivity contribution in [3.05, 3.63) is 65.5 Å². The van der Waals surface area contributed by atoms with Crippen molar-refractivity contribution in [3.63, 3.8) is 0 Å². The van der Waals surface area contributed by atoms with Crippen molar-refractivity contribution in [2.45, 2.75) is 24.2 Å². The summed E-state index contributed by atoms with van der Waals surface area (Å²) in [5.41, 5.74) is 6.18. The molecule has 23 heavy (non-hydrogen) atoms. The summed E-state index contributed by atoms with van der Waals surface area (Å²) in [7, 11) is 0. The molecule has 3 nitrogen and oxygen atoms in total. The molecule has 118 valence electrons. The van der Waals surface area contributed by atoms with Crippen LogP contribution in [0.2, 0.25) is 0 Å². The van der Waals surface area contributed by atoms with Crippen LogP contribution in [0.25, 0.3) is 0 Å². The highest BCUT2D eigenvalue weighted by atomic mass is 32.2. The van der Waals surface area contributed by atoms with E-state index < -0.39 is 0 Å². The number of rotatable bonds is 4. The van der Waals surface area contributed by atoms with E-state index >= 15 is 0 Å². The van der Waals surface area contributed by atoms with E-state index in [9.17, 15) is 9.18 Å². The molecule has 0 radical (unpaired) electrons. The van der Waals surface area contributed by atoms with Crippen molar-refractivity contribution in [2.24, 2.45) is 5.10 Å². The van der Waals surface area contributed by atoms with Crippen LogP contribution in [0.4, 0.5) is 4.39 Å². The van der Waals surface area contributed by atoms with Crippen LogP contribution in [0.1, 0.15) is 17.5 Å². The third-order valence-corrected chi connectivity index (χ3v) is 4.78. The summed E-state index contributed by atoms with van der Waals surface area (Å²) in [6.45, 7) is 0. The monoisotopic (exact) mass is 328 g/mol. The number of hydrogen-bond acceptors (Lipinski definition) is 3. The Balaban J connectivity index is 1.52. The molecule has 0 atom stereocenters. The number of carbonyl (C=O) groups is 1. The first kappa shape index (κ1) is 15.7. The van der Waals surface area contributed by atoms with Gasteiger partial charge >= 0.3 is 0 Å². The van der Waals surface area contributed by atoms with Crippen molar-refractivity contribution in [3.8, 4) is 0 Å². The number of hydrazone groups is 1. The zero-order chi connectivity index (χ0) is 16.1. The smallest absolute Gasteiger partial charge is 0.250 e. The lowest BCUT2D eigenvalue weighted by Gasteiger charge is -2.17. The summed E-state index contributed by atoms with van der Waals surface area (Å²) in [4.78, 5) is 12.3. The molecule has 5 heteroatoms. The number of thioether (sulfide) groups is 1. The van der Waals surface area contributed by atoms with Gasteiger partial charge in [-0.05, 0) is 36.1 Å². The predicted octanol–water partition coefficient (Wildman–Crippen LogP) is 3.58. The number of amides is 1. The van der Waals surface area contributed by atoms with E-state index in [2.05, 4.69) is 22.7 Å². The first-order chi connectivity index (χ1) is 11.2. The summed E-state index contributed by atoms with van der Waals surface area (Å²) in [5.74, 6) is -0.376. The minimum atomic E-state index is -0.305. The molecule has 0 aliphatic heterocycles. The number of fused-ring (bicyclic) bond motifs is 1.